The van der Waals surface area contributed by atoms with Crippen molar-refractivity contribution in [2.45, 2.75) is 32.4 Å². The summed E-state index contributed by atoms with van der Waals surface area (Å²) in [5.74, 6) is 0.0857. The normalized spacial score (nSPS) is 14.4. The Kier molecular flexibility index (Phi) is 3.65. The zero-order valence-electron chi connectivity index (χ0n) is 11.6. The lowest BCUT2D eigenvalue weighted by Gasteiger charge is -2.09. The zero-order chi connectivity index (χ0) is 13.9. The third kappa shape index (κ3) is 3.14. The number of amides is 1. The van der Waals surface area contributed by atoms with E-state index in [-0.39, 0.29) is 5.91 Å². The molecule has 0 radical (unpaired) electrons. The van der Waals surface area contributed by atoms with Gasteiger partial charge in [0.1, 0.15) is 0 Å². The molecule has 20 heavy (non-hydrogen) atoms. The van der Waals surface area contributed by atoms with E-state index < -0.39 is 0 Å². The molecule has 1 aliphatic rings. The van der Waals surface area contributed by atoms with Crippen LogP contribution in [0.5, 0.6) is 0 Å². The molecule has 1 amide bonds. The van der Waals surface area contributed by atoms with Gasteiger partial charge in [0.2, 0.25) is 5.91 Å². The summed E-state index contributed by atoms with van der Waals surface area (Å²) >= 11 is 0. The molecule has 2 aromatic rings. The maximum Gasteiger partial charge on any atom is 0.234 e. The van der Waals surface area contributed by atoms with Crippen LogP contribution in [0.25, 0.3) is 10.9 Å². The minimum Gasteiger partial charge on any atom is -0.352 e. The first-order chi connectivity index (χ1) is 9.72. The van der Waals surface area contributed by atoms with Gasteiger partial charge in [-0.1, -0.05) is 18.2 Å². The first kappa shape index (κ1) is 13.1. The Morgan fingerprint density at radius 3 is 2.95 bits per heavy atom. The monoisotopic (exact) mass is 269 g/mol. The SMILES string of the molecule is Cc1cc(CNCC(=O)NC2CC2)c2ccccc2n1. The lowest BCUT2D eigenvalue weighted by atomic mass is 10.1. The molecule has 0 unspecified atom stereocenters. The number of carbonyl (C=O) groups excluding carboxylic acids is 1. The molecule has 1 aromatic carbocycles. The van der Waals surface area contributed by atoms with Gasteiger partial charge in [-0.3, -0.25) is 9.78 Å². The molecule has 1 heterocycles. The van der Waals surface area contributed by atoms with Gasteiger partial charge in [-0.25, -0.2) is 0 Å². The van der Waals surface area contributed by atoms with Crippen LogP contribution in [-0.2, 0) is 11.3 Å². The number of rotatable bonds is 5. The van der Waals surface area contributed by atoms with E-state index in [9.17, 15) is 4.79 Å². The van der Waals surface area contributed by atoms with Crippen LogP contribution < -0.4 is 10.6 Å². The van der Waals surface area contributed by atoms with Crippen LogP contribution in [0, 0.1) is 6.92 Å². The number of aromatic nitrogens is 1. The average molecular weight is 269 g/mol. The fraction of sp³-hybridized carbons (Fsp3) is 0.375. The predicted octanol–water partition coefficient (Wildman–Crippen LogP) is 1.91. The number of fused-ring (bicyclic) bond motifs is 1. The number of para-hydroxylation sites is 1. The van der Waals surface area contributed by atoms with Crippen molar-refractivity contribution in [3.8, 4) is 0 Å². The third-order valence-electron chi connectivity index (χ3n) is 3.47. The highest BCUT2D eigenvalue weighted by Gasteiger charge is 2.22. The van der Waals surface area contributed by atoms with E-state index in [0.29, 0.717) is 19.1 Å². The first-order valence-electron chi connectivity index (χ1n) is 7.08. The summed E-state index contributed by atoms with van der Waals surface area (Å²) in [5, 5.41) is 7.34. The van der Waals surface area contributed by atoms with E-state index in [4.69, 9.17) is 0 Å². The van der Waals surface area contributed by atoms with E-state index >= 15 is 0 Å². The van der Waals surface area contributed by atoms with Crippen molar-refractivity contribution in [2.75, 3.05) is 6.54 Å². The Morgan fingerprint density at radius 1 is 1.35 bits per heavy atom. The number of pyridine rings is 1. The second kappa shape index (κ2) is 5.59. The Morgan fingerprint density at radius 2 is 2.15 bits per heavy atom. The Hall–Kier alpha value is -1.94. The Bertz CT molecular complexity index is 635. The summed E-state index contributed by atoms with van der Waals surface area (Å²) in [6.45, 7) is 3.05. The van der Waals surface area contributed by atoms with Crippen molar-refractivity contribution in [1.29, 1.82) is 0 Å². The van der Waals surface area contributed by atoms with Crippen LogP contribution in [0.2, 0.25) is 0 Å². The summed E-state index contributed by atoms with van der Waals surface area (Å²) in [4.78, 5) is 16.1. The van der Waals surface area contributed by atoms with Crippen LogP contribution in [-0.4, -0.2) is 23.5 Å². The van der Waals surface area contributed by atoms with Gasteiger partial charge in [-0.2, -0.15) is 0 Å². The highest BCUT2D eigenvalue weighted by molar-refractivity contribution is 5.82. The Labute approximate surface area is 118 Å². The van der Waals surface area contributed by atoms with E-state index in [1.165, 1.54) is 5.56 Å². The number of hydrogen-bond acceptors (Lipinski definition) is 3. The van der Waals surface area contributed by atoms with Crippen molar-refractivity contribution < 1.29 is 4.79 Å². The van der Waals surface area contributed by atoms with Gasteiger partial charge in [0, 0.05) is 23.7 Å². The molecule has 0 bridgehead atoms. The first-order valence-corrected chi connectivity index (χ1v) is 7.08. The summed E-state index contributed by atoms with van der Waals surface area (Å²) in [5.41, 5.74) is 3.20. The van der Waals surface area contributed by atoms with Crippen molar-refractivity contribution >= 4 is 16.8 Å². The van der Waals surface area contributed by atoms with Gasteiger partial charge in [0.05, 0.1) is 12.1 Å². The minimum atomic E-state index is 0.0857. The molecule has 4 nitrogen and oxygen atoms in total. The fourth-order valence-electron chi connectivity index (χ4n) is 2.36. The topological polar surface area (TPSA) is 54.0 Å². The molecule has 3 rings (SSSR count). The molecule has 1 fully saturated rings. The van der Waals surface area contributed by atoms with Crippen molar-refractivity contribution in [3.05, 3.63) is 41.6 Å². The van der Waals surface area contributed by atoms with E-state index in [1.807, 2.05) is 25.1 Å². The molecule has 2 N–H and O–H groups in total. The number of benzene rings is 1. The maximum atomic E-state index is 11.6. The minimum absolute atomic E-state index is 0.0857. The summed E-state index contributed by atoms with van der Waals surface area (Å²) in [6, 6.07) is 10.6. The molecule has 0 spiro atoms. The van der Waals surface area contributed by atoms with Crippen LogP contribution >= 0.6 is 0 Å². The number of nitrogens with zero attached hydrogens (tertiary/aromatic N) is 1. The molecule has 1 saturated carbocycles. The highest BCUT2D eigenvalue weighted by atomic mass is 16.2. The second-order valence-corrected chi connectivity index (χ2v) is 5.39. The molecule has 1 aromatic heterocycles. The molecule has 104 valence electrons. The zero-order valence-corrected chi connectivity index (χ0v) is 11.6. The molecule has 0 saturated heterocycles. The van der Waals surface area contributed by atoms with Gasteiger partial charge in [-0.15, -0.1) is 0 Å². The van der Waals surface area contributed by atoms with Crippen LogP contribution in [0.15, 0.2) is 30.3 Å². The molecule has 4 heteroatoms. The quantitative estimate of drug-likeness (QED) is 0.872. The Balaban J connectivity index is 1.65. The predicted molar refractivity (Wildman–Crippen MR) is 79.4 cm³/mol. The summed E-state index contributed by atoms with van der Waals surface area (Å²) < 4.78 is 0. The van der Waals surface area contributed by atoms with Gasteiger partial charge < -0.3 is 10.6 Å². The van der Waals surface area contributed by atoms with Gasteiger partial charge >= 0.3 is 0 Å². The molecule has 0 aliphatic heterocycles. The summed E-state index contributed by atoms with van der Waals surface area (Å²) in [7, 11) is 0. The molecule has 1 aliphatic carbocycles. The molecular weight excluding hydrogens is 250 g/mol. The largest absolute Gasteiger partial charge is 0.352 e. The third-order valence-corrected chi connectivity index (χ3v) is 3.47. The van der Waals surface area contributed by atoms with E-state index in [2.05, 4.69) is 27.8 Å². The van der Waals surface area contributed by atoms with Crippen molar-refractivity contribution in [3.63, 3.8) is 0 Å². The van der Waals surface area contributed by atoms with Crippen LogP contribution in [0.3, 0.4) is 0 Å². The smallest absolute Gasteiger partial charge is 0.234 e. The number of hydrogen-bond donors (Lipinski definition) is 2. The maximum absolute atomic E-state index is 11.6. The number of nitrogens with one attached hydrogen (secondary N) is 2. The van der Waals surface area contributed by atoms with Gasteiger partial charge in [-0.05, 0) is 37.5 Å². The van der Waals surface area contributed by atoms with E-state index in [1.54, 1.807) is 0 Å². The fourth-order valence-corrected chi connectivity index (χ4v) is 2.36. The van der Waals surface area contributed by atoms with Crippen LogP contribution in [0.1, 0.15) is 24.1 Å². The van der Waals surface area contributed by atoms with Crippen molar-refractivity contribution in [2.24, 2.45) is 0 Å². The van der Waals surface area contributed by atoms with Crippen molar-refractivity contribution in [1.82, 2.24) is 15.6 Å². The van der Waals surface area contributed by atoms with Gasteiger partial charge in [0.15, 0.2) is 0 Å². The van der Waals surface area contributed by atoms with E-state index in [0.717, 1.165) is 29.4 Å². The molecule has 0 atom stereocenters. The molecular formula is C16H19N3O. The number of carbonyl (C=O) groups is 1. The average Bonchev–Trinajstić information content (AvgIpc) is 3.22. The number of aryl methyl sites for hydroxylation is 1. The lowest BCUT2D eigenvalue weighted by molar-refractivity contribution is -0.120. The van der Waals surface area contributed by atoms with Crippen LogP contribution in [0.4, 0.5) is 0 Å². The summed E-state index contributed by atoms with van der Waals surface area (Å²) in [6.07, 6.45) is 2.25. The second-order valence-electron chi connectivity index (χ2n) is 5.39. The lowest BCUT2D eigenvalue weighted by Crippen LogP contribution is -2.34. The standard InChI is InChI=1S/C16H19N3O/c1-11-8-12(14-4-2-3-5-15(14)18-11)9-17-10-16(20)19-13-6-7-13/h2-5,8,13,17H,6-7,9-10H2,1H3,(H,19,20). The van der Waals surface area contributed by atoms with Gasteiger partial charge in [0.25, 0.3) is 0 Å². The highest BCUT2D eigenvalue weighted by Crippen LogP contribution is 2.19.